The van der Waals surface area contributed by atoms with Crippen molar-refractivity contribution in [1.82, 2.24) is 4.98 Å². The molecule has 1 aliphatic rings. The van der Waals surface area contributed by atoms with Gasteiger partial charge in [-0.05, 0) is 25.3 Å². The van der Waals surface area contributed by atoms with Crippen LogP contribution in [0, 0.1) is 11.3 Å². The van der Waals surface area contributed by atoms with Crippen molar-refractivity contribution in [1.29, 1.82) is 5.26 Å². The quantitative estimate of drug-likeness (QED) is 0.784. The maximum absolute atomic E-state index is 8.68. The van der Waals surface area contributed by atoms with E-state index >= 15 is 0 Å². The van der Waals surface area contributed by atoms with E-state index in [2.05, 4.69) is 4.98 Å². The van der Waals surface area contributed by atoms with Crippen molar-refractivity contribution in [2.75, 3.05) is 0 Å². The Morgan fingerprint density at radius 3 is 3.00 bits per heavy atom. The van der Waals surface area contributed by atoms with Gasteiger partial charge in [0.1, 0.15) is 17.9 Å². The molecule has 1 aromatic rings. The van der Waals surface area contributed by atoms with Gasteiger partial charge in [-0.3, -0.25) is 0 Å². The van der Waals surface area contributed by atoms with Gasteiger partial charge in [0.25, 0.3) is 0 Å². The topological polar surface area (TPSA) is 71.9 Å². The monoisotopic (exact) mass is 203 g/mol. The molecule has 0 aliphatic heterocycles. The highest BCUT2D eigenvalue weighted by Crippen LogP contribution is 2.22. The van der Waals surface area contributed by atoms with Crippen LogP contribution < -0.4 is 10.5 Å². The number of aromatic nitrogens is 1. The van der Waals surface area contributed by atoms with Crippen LogP contribution in [0.4, 0.5) is 0 Å². The van der Waals surface area contributed by atoms with E-state index in [9.17, 15) is 0 Å². The minimum Gasteiger partial charge on any atom is -0.474 e. The standard InChI is InChI=1S/C11H13N3O/c12-7-9-2-1-3-11(14-9)15-10-5-4-8(13)6-10/h1-3,8,10H,4-6,13H2. The summed E-state index contributed by atoms with van der Waals surface area (Å²) in [5.74, 6) is 0.521. The molecule has 1 aliphatic carbocycles. The zero-order chi connectivity index (χ0) is 10.7. The van der Waals surface area contributed by atoms with Gasteiger partial charge in [-0.1, -0.05) is 6.07 Å². The van der Waals surface area contributed by atoms with Crippen molar-refractivity contribution in [3.8, 4) is 11.9 Å². The second-order valence-corrected chi connectivity index (χ2v) is 3.79. The molecule has 15 heavy (non-hydrogen) atoms. The molecule has 0 aromatic carbocycles. The molecule has 0 saturated heterocycles. The predicted molar refractivity (Wildman–Crippen MR) is 55.2 cm³/mol. The SMILES string of the molecule is N#Cc1cccc(OC2CCC(N)C2)n1. The molecule has 2 N–H and O–H groups in total. The minimum absolute atomic E-state index is 0.154. The zero-order valence-electron chi connectivity index (χ0n) is 8.39. The van der Waals surface area contributed by atoms with Crippen molar-refractivity contribution in [3.05, 3.63) is 23.9 Å². The summed E-state index contributed by atoms with van der Waals surface area (Å²) >= 11 is 0. The molecule has 0 spiro atoms. The molecule has 1 aromatic heterocycles. The first-order valence-corrected chi connectivity index (χ1v) is 5.07. The Kier molecular flexibility index (Phi) is 2.84. The van der Waals surface area contributed by atoms with Crippen LogP contribution in [0.25, 0.3) is 0 Å². The highest BCUT2D eigenvalue weighted by Gasteiger charge is 2.23. The predicted octanol–water partition coefficient (Wildman–Crippen LogP) is 1.21. The van der Waals surface area contributed by atoms with Gasteiger partial charge in [0, 0.05) is 12.1 Å². The van der Waals surface area contributed by atoms with Crippen molar-refractivity contribution in [2.24, 2.45) is 5.73 Å². The Morgan fingerprint density at radius 1 is 1.47 bits per heavy atom. The Balaban J connectivity index is 2.02. The molecule has 0 bridgehead atoms. The van der Waals surface area contributed by atoms with Crippen molar-refractivity contribution in [2.45, 2.75) is 31.4 Å². The van der Waals surface area contributed by atoms with Crippen LogP contribution in [-0.2, 0) is 0 Å². The first-order valence-electron chi connectivity index (χ1n) is 5.07. The van der Waals surface area contributed by atoms with Gasteiger partial charge in [-0.2, -0.15) is 5.26 Å². The van der Waals surface area contributed by atoms with Crippen LogP contribution in [-0.4, -0.2) is 17.1 Å². The number of rotatable bonds is 2. The molecule has 2 unspecified atom stereocenters. The molecular formula is C11H13N3O. The number of hydrogen-bond donors (Lipinski definition) is 1. The van der Waals surface area contributed by atoms with Crippen LogP contribution in [0.5, 0.6) is 5.88 Å². The number of hydrogen-bond acceptors (Lipinski definition) is 4. The van der Waals surface area contributed by atoms with E-state index in [1.165, 1.54) is 0 Å². The fourth-order valence-corrected chi connectivity index (χ4v) is 1.79. The van der Waals surface area contributed by atoms with Crippen molar-refractivity contribution in [3.63, 3.8) is 0 Å². The number of nitrogens with two attached hydrogens (primary N) is 1. The third-order valence-corrected chi connectivity index (χ3v) is 2.55. The summed E-state index contributed by atoms with van der Waals surface area (Å²) in [7, 11) is 0. The molecule has 4 nitrogen and oxygen atoms in total. The molecule has 4 heteroatoms. The number of nitriles is 1. The smallest absolute Gasteiger partial charge is 0.214 e. The lowest BCUT2D eigenvalue weighted by Crippen LogP contribution is -2.19. The molecular weight excluding hydrogens is 190 g/mol. The van der Waals surface area contributed by atoms with Crippen LogP contribution in [0.15, 0.2) is 18.2 Å². The van der Waals surface area contributed by atoms with Gasteiger partial charge in [0.15, 0.2) is 0 Å². The maximum Gasteiger partial charge on any atom is 0.214 e. The lowest BCUT2D eigenvalue weighted by molar-refractivity contribution is 0.199. The lowest BCUT2D eigenvalue weighted by atomic mass is 10.3. The van der Waals surface area contributed by atoms with E-state index in [-0.39, 0.29) is 12.1 Å². The number of pyridine rings is 1. The first-order chi connectivity index (χ1) is 7.28. The minimum atomic E-state index is 0.154. The van der Waals surface area contributed by atoms with Gasteiger partial charge < -0.3 is 10.5 Å². The summed E-state index contributed by atoms with van der Waals surface area (Å²) in [6.45, 7) is 0. The maximum atomic E-state index is 8.68. The highest BCUT2D eigenvalue weighted by atomic mass is 16.5. The van der Waals surface area contributed by atoms with Gasteiger partial charge >= 0.3 is 0 Å². The fraction of sp³-hybridized carbons (Fsp3) is 0.455. The molecule has 1 fully saturated rings. The summed E-state index contributed by atoms with van der Waals surface area (Å²) in [4.78, 5) is 4.06. The van der Waals surface area contributed by atoms with Gasteiger partial charge in [0.2, 0.25) is 5.88 Å². The first kappa shape index (κ1) is 9.94. The fourth-order valence-electron chi connectivity index (χ4n) is 1.79. The van der Waals surface area contributed by atoms with E-state index in [1.54, 1.807) is 18.2 Å². The van der Waals surface area contributed by atoms with Gasteiger partial charge in [-0.25, -0.2) is 4.98 Å². The Bertz CT molecular complexity index is 386. The number of ether oxygens (including phenoxy) is 1. The summed E-state index contributed by atoms with van der Waals surface area (Å²) in [5.41, 5.74) is 6.17. The molecule has 0 radical (unpaired) electrons. The summed E-state index contributed by atoms with van der Waals surface area (Å²) in [6, 6.07) is 7.43. The van der Waals surface area contributed by atoms with Crippen LogP contribution in [0.3, 0.4) is 0 Å². The summed E-state index contributed by atoms with van der Waals surface area (Å²) in [6.07, 6.45) is 3.00. The molecule has 2 rings (SSSR count). The Labute approximate surface area is 88.7 Å². The normalized spacial score (nSPS) is 24.8. The second-order valence-electron chi connectivity index (χ2n) is 3.79. The molecule has 1 saturated carbocycles. The van der Waals surface area contributed by atoms with E-state index in [1.807, 2.05) is 6.07 Å². The largest absolute Gasteiger partial charge is 0.474 e. The molecule has 78 valence electrons. The third-order valence-electron chi connectivity index (χ3n) is 2.55. The van der Waals surface area contributed by atoms with E-state index in [4.69, 9.17) is 15.7 Å². The summed E-state index contributed by atoms with van der Waals surface area (Å²) < 4.78 is 5.65. The van der Waals surface area contributed by atoms with Crippen molar-refractivity contribution < 1.29 is 4.74 Å². The molecule has 2 atom stereocenters. The van der Waals surface area contributed by atoms with Crippen LogP contribution in [0.1, 0.15) is 25.0 Å². The van der Waals surface area contributed by atoms with Crippen LogP contribution in [0.2, 0.25) is 0 Å². The van der Waals surface area contributed by atoms with Gasteiger partial charge in [-0.15, -0.1) is 0 Å². The molecule has 1 heterocycles. The average molecular weight is 203 g/mol. The summed E-state index contributed by atoms with van der Waals surface area (Å²) in [5, 5.41) is 8.68. The zero-order valence-corrected chi connectivity index (χ0v) is 8.39. The molecule has 0 amide bonds. The van der Waals surface area contributed by atoms with Crippen molar-refractivity contribution >= 4 is 0 Å². The van der Waals surface area contributed by atoms with E-state index in [0.717, 1.165) is 19.3 Å². The third kappa shape index (κ3) is 2.45. The number of nitrogens with zero attached hydrogens (tertiary/aromatic N) is 2. The average Bonchev–Trinajstić information content (AvgIpc) is 2.64. The van der Waals surface area contributed by atoms with E-state index in [0.29, 0.717) is 11.6 Å². The second kappa shape index (κ2) is 4.28. The van der Waals surface area contributed by atoms with E-state index < -0.39 is 0 Å². The lowest BCUT2D eigenvalue weighted by Gasteiger charge is -2.11. The highest BCUT2D eigenvalue weighted by molar-refractivity contribution is 5.24. The Hall–Kier alpha value is -1.60. The Morgan fingerprint density at radius 2 is 2.33 bits per heavy atom. The van der Waals surface area contributed by atoms with Crippen LogP contribution >= 0.6 is 0 Å². The van der Waals surface area contributed by atoms with Gasteiger partial charge in [0.05, 0.1) is 0 Å².